The number of nitrogens with one attached hydrogen (secondary N) is 2. The van der Waals surface area contributed by atoms with Crippen molar-refractivity contribution >= 4 is 16.7 Å². The van der Waals surface area contributed by atoms with Gasteiger partial charge in [-0.2, -0.15) is 5.26 Å². The van der Waals surface area contributed by atoms with Gasteiger partial charge in [0, 0.05) is 35.3 Å². The summed E-state index contributed by atoms with van der Waals surface area (Å²) in [5.74, 6) is 1.60. The zero-order valence-corrected chi connectivity index (χ0v) is 15.4. The minimum atomic E-state index is 0.611. The number of hydrogen-bond acceptors (Lipinski definition) is 5. The van der Waals surface area contributed by atoms with Crippen LogP contribution < -0.4 is 10.1 Å². The Balaban J connectivity index is 1.47. The quantitative estimate of drug-likeness (QED) is 0.533. The largest absolute Gasteiger partial charge is 0.497 e. The van der Waals surface area contributed by atoms with E-state index in [1.165, 1.54) is 11.9 Å². The van der Waals surface area contributed by atoms with Gasteiger partial charge in [0.05, 0.1) is 24.4 Å². The maximum Gasteiger partial charge on any atom is 0.129 e. The number of H-pyrrole nitrogens is 1. The molecule has 6 heteroatoms. The molecule has 6 nitrogen and oxygen atoms in total. The second kappa shape index (κ2) is 7.80. The van der Waals surface area contributed by atoms with E-state index in [2.05, 4.69) is 26.3 Å². The molecule has 0 bridgehead atoms. The number of nitrogens with zero attached hydrogens (tertiary/aromatic N) is 3. The molecule has 0 spiro atoms. The van der Waals surface area contributed by atoms with Gasteiger partial charge in [-0.25, -0.2) is 9.97 Å². The molecule has 138 valence electrons. The molecule has 4 aromatic rings. The molecule has 0 radical (unpaired) electrons. The van der Waals surface area contributed by atoms with Gasteiger partial charge in [0.15, 0.2) is 0 Å². The average Bonchev–Trinajstić information content (AvgIpc) is 3.16. The maximum atomic E-state index is 9.07. The van der Waals surface area contributed by atoms with Gasteiger partial charge in [0.25, 0.3) is 0 Å². The highest BCUT2D eigenvalue weighted by molar-refractivity contribution is 5.84. The standard InChI is InChI=1S/C22H19N5O/c1-28-18-5-6-20-19(10-18)17(13-25-20)7-8-24-22-11-21(26-14-27-22)16-4-2-3-15(9-16)12-23/h2-6,9-11,13-14,25H,7-8H2,1H3,(H,24,26,27). The number of aromatic amines is 1. The van der Waals surface area contributed by atoms with Crippen molar-refractivity contribution in [2.24, 2.45) is 0 Å². The molecular weight excluding hydrogens is 350 g/mol. The van der Waals surface area contributed by atoms with Gasteiger partial charge in [0.2, 0.25) is 0 Å². The molecular formula is C22H19N5O. The summed E-state index contributed by atoms with van der Waals surface area (Å²) in [6, 6.07) is 17.5. The fourth-order valence-electron chi connectivity index (χ4n) is 3.18. The molecule has 2 N–H and O–H groups in total. The Morgan fingerprint density at radius 3 is 2.93 bits per heavy atom. The van der Waals surface area contributed by atoms with E-state index >= 15 is 0 Å². The smallest absolute Gasteiger partial charge is 0.129 e. The predicted octanol–water partition coefficient (Wildman–Crippen LogP) is 4.16. The minimum Gasteiger partial charge on any atom is -0.497 e. The van der Waals surface area contributed by atoms with Crippen LogP contribution in [0, 0.1) is 11.3 Å². The highest BCUT2D eigenvalue weighted by Gasteiger charge is 2.06. The summed E-state index contributed by atoms with van der Waals surface area (Å²) in [6.07, 6.45) is 4.41. The van der Waals surface area contributed by atoms with Crippen molar-refractivity contribution in [3.05, 3.63) is 72.2 Å². The van der Waals surface area contributed by atoms with E-state index in [4.69, 9.17) is 10.00 Å². The Kier molecular flexibility index (Phi) is 4.89. The number of rotatable bonds is 6. The van der Waals surface area contributed by atoms with Crippen molar-refractivity contribution in [3.63, 3.8) is 0 Å². The van der Waals surface area contributed by atoms with E-state index in [9.17, 15) is 0 Å². The summed E-state index contributed by atoms with van der Waals surface area (Å²) < 4.78 is 5.33. The Labute approximate surface area is 162 Å². The van der Waals surface area contributed by atoms with E-state index < -0.39 is 0 Å². The summed E-state index contributed by atoms with van der Waals surface area (Å²) in [5, 5.41) is 13.6. The second-order valence-electron chi connectivity index (χ2n) is 6.38. The monoisotopic (exact) mass is 369 g/mol. The first kappa shape index (κ1) is 17.6. The molecule has 2 aromatic heterocycles. The van der Waals surface area contributed by atoms with Crippen molar-refractivity contribution in [3.8, 4) is 23.1 Å². The summed E-state index contributed by atoms with van der Waals surface area (Å²) in [4.78, 5) is 11.9. The topological polar surface area (TPSA) is 86.6 Å². The molecule has 0 atom stereocenters. The first-order valence-electron chi connectivity index (χ1n) is 8.97. The van der Waals surface area contributed by atoms with Crippen LogP contribution in [0.5, 0.6) is 5.75 Å². The first-order chi connectivity index (χ1) is 13.8. The molecule has 0 aliphatic heterocycles. The Bertz CT molecular complexity index is 1160. The molecule has 0 aliphatic carbocycles. The summed E-state index contributed by atoms with van der Waals surface area (Å²) >= 11 is 0. The molecule has 4 rings (SSSR count). The molecule has 0 saturated heterocycles. The number of anilines is 1. The van der Waals surface area contributed by atoms with E-state index in [1.807, 2.05) is 48.7 Å². The zero-order valence-electron chi connectivity index (χ0n) is 15.4. The third-order valence-electron chi connectivity index (χ3n) is 4.63. The van der Waals surface area contributed by atoms with Crippen LogP contribution in [0.1, 0.15) is 11.1 Å². The minimum absolute atomic E-state index is 0.611. The van der Waals surface area contributed by atoms with Crippen LogP contribution in [0.25, 0.3) is 22.2 Å². The number of hydrogen-bond donors (Lipinski definition) is 2. The highest BCUT2D eigenvalue weighted by atomic mass is 16.5. The van der Waals surface area contributed by atoms with Crippen LogP contribution in [-0.4, -0.2) is 28.6 Å². The van der Waals surface area contributed by atoms with Crippen LogP contribution in [0.3, 0.4) is 0 Å². The van der Waals surface area contributed by atoms with Crippen LogP contribution in [-0.2, 0) is 6.42 Å². The fraction of sp³-hybridized carbons (Fsp3) is 0.136. The number of nitriles is 1. The number of ether oxygens (including phenoxy) is 1. The van der Waals surface area contributed by atoms with Crippen LogP contribution >= 0.6 is 0 Å². The van der Waals surface area contributed by atoms with E-state index in [-0.39, 0.29) is 0 Å². The van der Waals surface area contributed by atoms with Crippen LogP contribution in [0.2, 0.25) is 0 Å². The lowest BCUT2D eigenvalue weighted by Gasteiger charge is -2.07. The molecule has 0 unspecified atom stereocenters. The molecule has 28 heavy (non-hydrogen) atoms. The SMILES string of the molecule is COc1ccc2[nH]cc(CCNc3cc(-c4cccc(C#N)c4)ncn3)c2c1. The lowest BCUT2D eigenvalue weighted by Crippen LogP contribution is -2.06. The average molecular weight is 369 g/mol. The molecule has 2 heterocycles. The number of benzene rings is 2. The van der Waals surface area contributed by atoms with E-state index in [1.54, 1.807) is 13.2 Å². The third kappa shape index (κ3) is 3.64. The lowest BCUT2D eigenvalue weighted by atomic mass is 10.1. The number of fused-ring (bicyclic) bond motifs is 1. The summed E-state index contributed by atoms with van der Waals surface area (Å²) in [6.45, 7) is 0.735. The van der Waals surface area contributed by atoms with Crippen LogP contribution in [0.4, 0.5) is 5.82 Å². The molecule has 0 aliphatic rings. The van der Waals surface area contributed by atoms with Crippen LogP contribution in [0.15, 0.2) is 61.1 Å². The van der Waals surface area contributed by atoms with Crippen molar-refractivity contribution in [2.75, 3.05) is 19.0 Å². The second-order valence-corrected chi connectivity index (χ2v) is 6.38. The van der Waals surface area contributed by atoms with Gasteiger partial charge < -0.3 is 15.0 Å². The molecule has 2 aromatic carbocycles. The molecule has 0 amide bonds. The van der Waals surface area contributed by atoms with Gasteiger partial charge in [-0.05, 0) is 42.3 Å². The Hall–Kier alpha value is -3.85. The summed E-state index contributed by atoms with van der Waals surface area (Å²) in [7, 11) is 1.67. The number of methoxy groups -OCH3 is 1. The molecule has 0 fully saturated rings. The van der Waals surface area contributed by atoms with Gasteiger partial charge in [-0.15, -0.1) is 0 Å². The summed E-state index contributed by atoms with van der Waals surface area (Å²) in [5.41, 5.74) is 4.61. The van der Waals surface area contributed by atoms with Crippen molar-refractivity contribution < 1.29 is 4.74 Å². The van der Waals surface area contributed by atoms with Gasteiger partial charge in [0.1, 0.15) is 17.9 Å². The Morgan fingerprint density at radius 2 is 2.07 bits per heavy atom. The highest BCUT2D eigenvalue weighted by Crippen LogP contribution is 2.24. The predicted molar refractivity (Wildman–Crippen MR) is 109 cm³/mol. The van der Waals surface area contributed by atoms with Gasteiger partial charge in [-0.1, -0.05) is 12.1 Å². The normalized spacial score (nSPS) is 10.6. The van der Waals surface area contributed by atoms with Crippen molar-refractivity contribution in [1.82, 2.24) is 15.0 Å². The van der Waals surface area contributed by atoms with E-state index in [0.29, 0.717) is 5.56 Å². The van der Waals surface area contributed by atoms with Gasteiger partial charge >= 0.3 is 0 Å². The zero-order chi connectivity index (χ0) is 19.3. The first-order valence-corrected chi connectivity index (χ1v) is 8.97. The van der Waals surface area contributed by atoms with Crippen molar-refractivity contribution in [1.29, 1.82) is 5.26 Å². The van der Waals surface area contributed by atoms with E-state index in [0.717, 1.165) is 46.7 Å². The lowest BCUT2D eigenvalue weighted by molar-refractivity contribution is 0.415. The molecule has 0 saturated carbocycles. The maximum absolute atomic E-state index is 9.07. The number of aromatic nitrogens is 3. The van der Waals surface area contributed by atoms with Gasteiger partial charge in [-0.3, -0.25) is 0 Å². The third-order valence-corrected chi connectivity index (χ3v) is 4.63. The fourth-order valence-corrected chi connectivity index (χ4v) is 3.18. The Morgan fingerprint density at radius 1 is 1.14 bits per heavy atom. The van der Waals surface area contributed by atoms with Crippen molar-refractivity contribution in [2.45, 2.75) is 6.42 Å².